The number of hydrogen-bond acceptors (Lipinski definition) is 6. The minimum atomic E-state index is -2.88. The number of hydrogen-bond donors (Lipinski definition) is 0. The molecule has 0 aliphatic rings. The molecule has 1 aromatic heterocycles. The molecule has 1 heterocycles. The summed E-state index contributed by atoms with van der Waals surface area (Å²) in [6.45, 7) is -1.17. The second-order valence-corrected chi connectivity index (χ2v) is 6.53. The summed E-state index contributed by atoms with van der Waals surface area (Å²) in [6.07, 6.45) is 0.0208. The predicted molar refractivity (Wildman–Crippen MR) is 91.1 cm³/mol. The normalized spacial score (nSPS) is 10.7. The van der Waals surface area contributed by atoms with Crippen LogP contribution in [0.2, 0.25) is 0 Å². The SMILES string of the molecule is Cc1nc(CC(=O)OCC(=O)N(C)Cc2ccc(OC(F)F)cc2)cs1. The molecule has 0 radical (unpaired) electrons. The molecular weight excluding hydrogens is 366 g/mol. The Balaban J connectivity index is 1.77. The van der Waals surface area contributed by atoms with Crippen molar-refractivity contribution in [2.24, 2.45) is 0 Å². The molecule has 0 aliphatic heterocycles. The Kier molecular flexibility index (Phi) is 7.02. The van der Waals surface area contributed by atoms with Crippen LogP contribution in [0.5, 0.6) is 5.75 Å². The average molecular weight is 384 g/mol. The molecule has 0 saturated heterocycles. The molecule has 0 bridgehead atoms. The zero-order valence-electron chi connectivity index (χ0n) is 14.3. The third-order valence-electron chi connectivity index (χ3n) is 3.34. The Labute approximate surface area is 153 Å². The van der Waals surface area contributed by atoms with E-state index in [-0.39, 0.29) is 31.2 Å². The van der Waals surface area contributed by atoms with Gasteiger partial charge in [-0.05, 0) is 24.6 Å². The Hall–Kier alpha value is -2.55. The molecule has 9 heteroatoms. The van der Waals surface area contributed by atoms with E-state index >= 15 is 0 Å². The molecule has 1 aromatic carbocycles. The van der Waals surface area contributed by atoms with Crippen molar-refractivity contribution < 1.29 is 27.8 Å². The first-order valence-electron chi connectivity index (χ1n) is 7.68. The van der Waals surface area contributed by atoms with Gasteiger partial charge in [0.2, 0.25) is 0 Å². The van der Waals surface area contributed by atoms with E-state index in [1.807, 2.05) is 6.92 Å². The summed E-state index contributed by atoms with van der Waals surface area (Å²) in [5.74, 6) is -0.852. The van der Waals surface area contributed by atoms with Crippen molar-refractivity contribution in [2.75, 3.05) is 13.7 Å². The number of aromatic nitrogens is 1. The number of nitrogens with zero attached hydrogens (tertiary/aromatic N) is 2. The first kappa shape index (κ1) is 19.8. The van der Waals surface area contributed by atoms with Crippen LogP contribution in [-0.4, -0.2) is 42.0 Å². The van der Waals surface area contributed by atoms with Gasteiger partial charge in [0.15, 0.2) is 6.61 Å². The van der Waals surface area contributed by atoms with Crippen LogP contribution < -0.4 is 4.74 Å². The van der Waals surface area contributed by atoms with Gasteiger partial charge in [-0.3, -0.25) is 9.59 Å². The highest BCUT2D eigenvalue weighted by Crippen LogP contribution is 2.16. The number of aryl methyl sites for hydroxylation is 1. The molecule has 0 N–H and O–H groups in total. The van der Waals surface area contributed by atoms with E-state index in [4.69, 9.17) is 4.74 Å². The zero-order valence-corrected chi connectivity index (χ0v) is 15.1. The number of carbonyl (C=O) groups excluding carboxylic acids is 2. The highest BCUT2D eigenvalue weighted by atomic mass is 32.1. The lowest BCUT2D eigenvalue weighted by Crippen LogP contribution is -2.31. The first-order valence-corrected chi connectivity index (χ1v) is 8.56. The lowest BCUT2D eigenvalue weighted by atomic mass is 10.2. The third kappa shape index (κ3) is 6.40. The highest BCUT2D eigenvalue weighted by Gasteiger charge is 2.14. The van der Waals surface area contributed by atoms with Crippen LogP contribution in [0.4, 0.5) is 8.78 Å². The Bertz CT molecular complexity index is 749. The average Bonchev–Trinajstić information content (AvgIpc) is 2.98. The number of ether oxygens (including phenoxy) is 2. The van der Waals surface area contributed by atoms with E-state index in [2.05, 4.69) is 9.72 Å². The van der Waals surface area contributed by atoms with Crippen molar-refractivity contribution in [3.05, 3.63) is 45.9 Å². The van der Waals surface area contributed by atoms with Crippen molar-refractivity contribution in [2.45, 2.75) is 26.5 Å². The number of benzene rings is 1. The second-order valence-electron chi connectivity index (χ2n) is 5.47. The number of carbonyl (C=O) groups is 2. The van der Waals surface area contributed by atoms with Gasteiger partial charge in [-0.1, -0.05) is 12.1 Å². The molecule has 0 spiro atoms. The summed E-state index contributed by atoms with van der Waals surface area (Å²) in [4.78, 5) is 29.3. The summed E-state index contributed by atoms with van der Waals surface area (Å²) >= 11 is 1.44. The van der Waals surface area contributed by atoms with Crippen molar-refractivity contribution in [1.29, 1.82) is 0 Å². The fourth-order valence-corrected chi connectivity index (χ4v) is 2.69. The van der Waals surface area contributed by atoms with E-state index in [0.717, 1.165) is 10.6 Å². The fourth-order valence-electron chi connectivity index (χ4n) is 2.08. The van der Waals surface area contributed by atoms with Gasteiger partial charge in [-0.2, -0.15) is 8.78 Å². The molecule has 140 valence electrons. The molecule has 0 aliphatic carbocycles. The monoisotopic (exact) mass is 384 g/mol. The van der Waals surface area contributed by atoms with Gasteiger partial charge in [0.05, 0.1) is 17.1 Å². The van der Waals surface area contributed by atoms with Crippen molar-refractivity contribution in [3.8, 4) is 5.75 Å². The Morgan fingerprint density at radius 3 is 2.54 bits per heavy atom. The summed E-state index contributed by atoms with van der Waals surface area (Å²) in [6, 6.07) is 5.96. The molecule has 2 aromatic rings. The number of halogens is 2. The first-order chi connectivity index (χ1) is 12.3. The topological polar surface area (TPSA) is 68.7 Å². The lowest BCUT2D eigenvalue weighted by molar-refractivity contribution is -0.151. The van der Waals surface area contributed by atoms with Crippen molar-refractivity contribution in [1.82, 2.24) is 9.88 Å². The quantitative estimate of drug-likeness (QED) is 0.655. The van der Waals surface area contributed by atoms with Gasteiger partial charge >= 0.3 is 12.6 Å². The van der Waals surface area contributed by atoms with Crippen LogP contribution in [0.1, 0.15) is 16.3 Å². The standard InChI is InChI=1S/C17H18F2N2O4S/c1-11-20-13(10-26-11)7-16(23)24-9-15(22)21(2)8-12-3-5-14(6-4-12)25-17(18)19/h3-6,10,17H,7-9H2,1-2H3. The smallest absolute Gasteiger partial charge is 0.387 e. The molecule has 0 saturated carbocycles. The maximum Gasteiger partial charge on any atom is 0.387 e. The van der Waals surface area contributed by atoms with Crippen LogP contribution in [0.15, 0.2) is 29.6 Å². The Morgan fingerprint density at radius 1 is 1.27 bits per heavy atom. The molecule has 26 heavy (non-hydrogen) atoms. The van der Waals surface area contributed by atoms with Gasteiger partial charge < -0.3 is 14.4 Å². The minimum Gasteiger partial charge on any atom is -0.455 e. The van der Waals surface area contributed by atoms with Crippen molar-refractivity contribution in [3.63, 3.8) is 0 Å². The van der Waals surface area contributed by atoms with Gasteiger partial charge in [-0.25, -0.2) is 4.98 Å². The number of likely N-dealkylation sites (N-methyl/N-ethyl adjacent to an activating group) is 1. The second kappa shape index (κ2) is 9.23. The summed E-state index contributed by atoms with van der Waals surface area (Å²) in [5.41, 5.74) is 1.34. The fraction of sp³-hybridized carbons (Fsp3) is 0.353. The van der Waals surface area contributed by atoms with E-state index < -0.39 is 12.6 Å². The van der Waals surface area contributed by atoms with Gasteiger partial charge in [-0.15, -0.1) is 11.3 Å². The number of alkyl halides is 2. The summed E-state index contributed by atoms with van der Waals surface area (Å²) in [7, 11) is 1.56. The van der Waals surface area contributed by atoms with E-state index in [1.54, 1.807) is 24.6 Å². The van der Waals surface area contributed by atoms with Crippen molar-refractivity contribution >= 4 is 23.2 Å². The lowest BCUT2D eigenvalue weighted by Gasteiger charge is -2.17. The van der Waals surface area contributed by atoms with Crippen LogP contribution >= 0.6 is 11.3 Å². The molecule has 0 atom stereocenters. The number of amides is 1. The number of esters is 1. The van der Waals surface area contributed by atoms with Crippen LogP contribution in [0, 0.1) is 6.92 Å². The molecular formula is C17H18F2N2O4S. The maximum atomic E-state index is 12.1. The number of thiazole rings is 1. The van der Waals surface area contributed by atoms with Crippen LogP contribution in [0.25, 0.3) is 0 Å². The van der Waals surface area contributed by atoms with Crippen LogP contribution in [-0.2, 0) is 27.3 Å². The predicted octanol–water partition coefficient (Wildman–Crippen LogP) is 2.80. The zero-order chi connectivity index (χ0) is 19.1. The van der Waals surface area contributed by atoms with Gasteiger partial charge in [0, 0.05) is 19.0 Å². The van der Waals surface area contributed by atoms with Gasteiger partial charge in [0.25, 0.3) is 5.91 Å². The number of rotatable bonds is 8. The molecule has 1 amide bonds. The largest absolute Gasteiger partial charge is 0.455 e. The molecule has 2 rings (SSSR count). The molecule has 0 fully saturated rings. The Morgan fingerprint density at radius 2 is 1.96 bits per heavy atom. The third-order valence-corrected chi connectivity index (χ3v) is 4.17. The summed E-state index contributed by atoms with van der Waals surface area (Å²) in [5, 5.41) is 2.62. The van der Waals surface area contributed by atoms with E-state index in [1.165, 1.54) is 28.4 Å². The maximum absolute atomic E-state index is 12.1. The molecule has 6 nitrogen and oxygen atoms in total. The van der Waals surface area contributed by atoms with Crippen LogP contribution in [0.3, 0.4) is 0 Å². The van der Waals surface area contributed by atoms with Gasteiger partial charge in [0.1, 0.15) is 5.75 Å². The molecule has 0 unspecified atom stereocenters. The minimum absolute atomic E-state index is 0.0208. The highest BCUT2D eigenvalue weighted by molar-refractivity contribution is 7.09. The van der Waals surface area contributed by atoms with E-state index in [0.29, 0.717) is 5.69 Å². The summed E-state index contributed by atoms with van der Waals surface area (Å²) < 4.78 is 33.4. The van der Waals surface area contributed by atoms with E-state index in [9.17, 15) is 18.4 Å².